The average Bonchev–Trinajstić information content (AvgIpc) is 3.08. The number of nitrogens with one attached hydrogen (secondary N) is 3. The van der Waals surface area contributed by atoms with Crippen LogP contribution in [0.2, 0.25) is 0 Å². The van der Waals surface area contributed by atoms with Gasteiger partial charge in [0.05, 0.1) is 12.4 Å². The van der Waals surface area contributed by atoms with Crippen molar-refractivity contribution in [1.29, 1.82) is 0 Å². The van der Waals surface area contributed by atoms with Crippen molar-refractivity contribution in [3.8, 4) is 0 Å². The average molecular weight is 387 g/mol. The van der Waals surface area contributed by atoms with Crippen LogP contribution in [0.4, 0.5) is 0 Å². The minimum absolute atomic E-state index is 0.132. The third-order valence-corrected chi connectivity index (χ3v) is 3.77. The molecule has 7 N–H and O–H groups in total. The first kappa shape index (κ1) is 21.4. The molecule has 1 heterocycles. The molecule has 0 aromatic carbocycles. The molecule has 0 saturated heterocycles. The topological polar surface area (TPSA) is 188 Å². The van der Waals surface area contributed by atoms with Crippen LogP contribution in [-0.4, -0.2) is 67.8 Å². The molecule has 3 atom stereocenters. The van der Waals surface area contributed by atoms with Gasteiger partial charge >= 0.3 is 11.9 Å². The summed E-state index contributed by atoms with van der Waals surface area (Å²) in [5.41, 5.74) is 6.39. The van der Waals surface area contributed by atoms with Gasteiger partial charge in [-0.3, -0.25) is 14.4 Å². The monoisotopic (exact) mass is 387 g/mol. The molecule has 0 saturated carbocycles. The van der Waals surface area contributed by atoms with E-state index < -0.39 is 48.3 Å². The number of carbonyl (C=O) groups is 4. The highest BCUT2D eigenvalue weighted by Crippen LogP contribution is 2.03. The Balaban J connectivity index is 2.74. The van der Waals surface area contributed by atoms with Crippen LogP contribution >= 0.6 is 12.6 Å². The molecule has 0 radical (unpaired) electrons. The smallest absolute Gasteiger partial charge is 0.327 e. The number of aromatic nitrogens is 2. The van der Waals surface area contributed by atoms with Crippen molar-refractivity contribution >= 4 is 36.4 Å². The van der Waals surface area contributed by atoms with Gasteiger partial charge in [0.15, 0.2) is 0 Å². The molecule has 1 rings (SSSR count). The Hall–Kier alpha value is -2.60. The first-order valence-corrected chi connectivity index (χ1v) is 8.26. The summed E-state index contributed by atoms with van der Waals surface area (Å²) in [6, 6.07) is -3.52. The Morgan fingerprint density at radius 2 is 1.85 bits per heavy atom. The minimum Gasteiger partial charge on any atom is -0.481 e. The quantitative estimate of drug-likeness (QED) is 0.215. The normalized spacial score (nSPS) is 14.1. The number of carboxylic acid groups (broad SMARTS) is 2. The van der Waals surface area contributed by atoms with Gasteiger partial charge in [-0.05, 0) is 6.42 Å². The van der Waals surface area contributed by atoms with Crippen LogP contribution in [0.25, 0.3) is 0 Å². The summed E-state index contributed by atoms with van der Waals surface area (Å²) in [7, 11) is 0. The SMILES string of the molecule is N[C@@H](Cc1cnc[nH]1)C(=O)N[C@@H](CCC(=O)O)C(=O)N[C@@H](CS)C(=O)O. The van der Waals surface area contributed by atoms with Gasteiger partial charge in [0.1, 0.15) is 12.1 Å². The van der Waals surface area contributed by atoms with Crippen LogP contribution in [0.15, 0.2) is 12.5 Å². The number of H-pyrrole nitrogens is 1. The Labute approximate surface area is 154 Å². The third kappa shape index (κ3) is 7.11. The Kier molecular flexibility index (Phi) is 8.58. The molecule has 26 heavy (non-hydrogen) atoms. The van der Waals surface area contributed by atoms with E-state index in [1.165, 1.54) is 12.5 Å². The molecule has 11 nitrogen and oxygen atoms in total. The number of aliphatic carboxylic acids is 2. The fraction of sp³-hybridized carbons (Fsp3) is 0.500. The molecule has 1 aromatic heterocycles. The van der Waals surface area contributed by atoms with Crippen LogP contribution in [0.1, 0.15) is 18.5 Å². The van der Waals surface area contributed by atoms with Gasteiger partial charge in [-0.15, -0.1) is 0 Å². The van der Waals surface area contributed by atoms with E-state index in [-0.39, 0.29) is 18.6 Å². The molecular weight excluding hydrogens is 366 g/mol. The predicted molar refractivity (Wildman–Crippen MR) is 92.5 cm³/mol. The van der Waals surface area contributed by atoms with Crippen LogP contribution in [0, 0.1) is 0 Å². The zero-order valence-electron chi connectivity index (χ0n) is 13.7. The number of carbonyl (C=O) groups excluding carboxylic acids is 2. The molecule has 144 valence electrons. The van der Waals surface area contributed by atoms with Crippen molar-refractivity contribution in [1.82, 2.24) is 20.6 Å². The lowest BCUT2D eigenvalue weighted by Gasteiger charge is -2.22. The van der Waals surface area contributed by atoms with Crippen molar-refractivity contribution < 1.29 is 29.4 Å². The zero-order chi connectivity index (χ0) is 19.7. The molecule has 12 heteroatoms. The van der Waals surface area contributed by atoms with E-state index in [4.69, 9.17) is 15.9 Å². The number of imidazole rings is 1. The van der Waals surface area contributed by atoms with E-state index >= 15 is 0 Å². The van der Waals surface area contributed by atoms with E-state index in [1.54, 1.807) is 0 Å². The van der Waals surface area contributed by atoms with E-state index in [0.717, 1.165) is 0 Å². The minimum atomic E-state index is -1.30. The van der Waals surface area contributed by atoms with Gasteiger partial charge in [-0.2, -0.15) is 12.6 Å². The molecule has 0 aliphatic carbocycles. The molecule has 0 bridgehead atoms. The van der Waals surface area contributed by atoms with Crippen LogP contribution in [-0.2, 0) is 25.6 Å². The number of aromatic amines is 1. The van der Waals surface area contributed by atoms with Crippen molar-refractivity contribution in [2.75, 3.05) is 5.75 Å². The lowest BCUT2D eigenvalue weighted by molar-refractivity contribution is -0.142. The summed E-state index contributed by atoms with van der Waals surface area (Å²) in [6.07, 6.45) is 2.43. The van der Waals surface area contributed by atoms with E-state index in [9.17, 15) is 19.2 Å². The standard InChI is InChI=1S/C14H21N5O6S/c15-8(3-7-4-16-6-17-7)12(22)18-9(1-2-11(20)21)13(23)19-10(5-26)14(24)25/h4,6,8-10,26H,1-3,5,15H2,(H,16,17)(H,18,22)(H,19,23)(H,20,21)(H,24,25)/t8-,9-,10-/m0/s1. The third-order valence-electron chi connectivity index (χ3n) is 3.41. The van der Waals surface area contributed by atoms with Gasteiger partial charge in [0, 0.05) is 30.5 Å². The van der Waals surface area contributed by atoms with Crippen LogP contribution in [0.3, 0.4) is 0 Å². The number of hydrogen-bond acceptors (Lipinski definition) is 7. The van der Waals surface area contributed by atoms with E-state index in [0.29, 0.717) is 5.69 Å². The number of nitrogens with two attached hydrogens (primary N) is 1. The number of hydrogen-bond donors (Lipinski definition) is 7. The molecule has 1 aromatic rings. The lowest BCUT2D eigenvalue weighted by Crippen LogP contribution is -2.55. The number of carboxylic acids is 2. The second-order valence-electron chi connectivity index (χ2n) is 5.46. The molecule has 0 spiro atoms. The van der Waals surface area contributed by atoms with Gasteiger partial charge in [0.2, 0.25) is 11.8 Å². The summed E-state index contributed by atoms with van der Waals surface area (Å²) in [5, 5.41) is 22.3. The highest BCUT2D eigenvalue weighted by molar-refractivity contribution is 7.80. The molecular formula is C14H21N5O6S. The van der Waals surface area contributed by atoms with Gasteiger partial charge in [-0.25, -0.2) is 9.78 Å². The maximum absolute atomic E-state index is 12.2. The van der Waals surface area contributed by atoms with Crippen molar-refractivity contribution in [2.45, 2.75) is 37.4 Å². The Morgan fingerprint density at radius 1 is 1.19 bits per heavy atom. The summed E-state index contributed by atoms with van der Waals surface area (Å²) < 4.78 is 0. The van der Waals surface area contributed by atoms with Gasteiger partial charge in [-0.1, -0.05) is 0 Å². The molecule has 0 unspecified atom stereocenters. The number of rotatable bonds is 11. The van der Waals surface area contributed by atoms with Crippen molar-refractivity contribution in [3.63, 3.8) is 0 Å². The number of thiol groups is 1. The first-order chi connectivity index (χ1) is 12.2. The fourth-order valence-electron chi connectivity index (χ4n) is 2.00. The summed E-state index contributed by atoms with van der Waals surface area (Å²) >= 11 is 3.83. The van der Waals surface area contributed by atoms with Gasteiger partial charge in [0.25, 0.3) is 0 Å². The largest absolute Gasteiger partial charge is 0.481 e. The van der Waals surface area contributed by atoms with Crippen LogP contribution < -0.4 is 16.4 Å². The lowest BCUT2D eigenvalue weighted by atomic mass is 10.1. The second-order valence-corrected chi connectivity index (χ2v) is 5.83. The summed E-state index contributed by atoms with van der Waals surface area (Å²) in [6.45, 7) is 0. The van der Waals surface area contributed by atoms with E-state index in [1.807, 2.05) is 0 Å². The van der Waals surface area contributed by atoms with Crippen molar-refractivity contribution in [3.05, 3.63) is 18.2 Å². The maximum atomic E-state index is 12.2. The molecule has 0 fully saturated rings. The Bertz CT molecular complexity index is 638. The fourth-order valence-corrected chi connectivity index (χ4v) is 2.25. The second kappa shape index (κ2) is 10.4. The number of nitrogens with zero attached hydrogens (tertiary/aromatic N) is 1. The van der Waals surface area contributed by atoms with E-state index in [2.05, 4.69) is 33.2 Å². The van der Waals surface area contributed by atoms with Gasteiger partial charge < -0.3 is 31.6 Å². The van der Waals surface area contributed by atoms with Crippen molar-refractivity contribution in [2.24, 2.45) is 5.73 Å². The predicted octanol–water partition coefficient (Wildman–Crippen LogP) is -1.87. The molecule has 2 amide bonds. The summed E-state index contributed by atoms with van der Waals surface area (Å²) in [5.74, 6) is -4.13. The zero-order valence-corrected chi connectivity index (χ0v) is 14.6. The summed E-state index contributed by atoms with van der Waals surface area (Å²) in [4.78, 5) is 52.7. The first-order valence-electron chi connectivity index (χ1n) is 7.63. The molecule has 0 aliphatic heterocycles. The Morgan fingerprint density at radius 3 is 2.35 bits per heavy atom. The number of amides is 2. The maximum Gasteiger partial charge on any atom is 0.327 e. The van der Waals surface area contributed by atoms with Crippen LogP contribution in [0.5, 0.6) is 0 Å². The molecule has 0 aliphatic rings. The highest BCUT2D eigenvalue weighted by Gasteiger charge is 2.28. The highest BCUT2D eigenvalue weighted by atomic mass is 32.1.